The minimum Gasteiger partial charge on any atom is -0.492 e. The van der Waals surface area contributed by atoms with Crippen LogP contribution in [0.25, 0.3) is 0 Å². The second kappa shape index (κ2) is 11.1. The van der Waals surface area contributed by atoms with Gasteiger partial charge in [0.25, 0.3) is 0 Å². The van der Waals surface area contributed by atoms with E-state index in [1.807, 2.05) is 48.5 Å². The van der Waals surface area contributed by atoms with Crippen LogP contribution in [0.1, 0.15) is 46.3 Å². The van der Waals surface area contributed by atoms with Crippen LogP contribution in [-0.2, 0) is 22.5 Å². The third kappa shape index (κ3) is 5.72. The van der Waals surface area contributed by atoms with Crippen molar-refractivity contribution < 1.29 is 19.1 Å². The van der Waals surface area contributed by atoms with E-state index in [4.69, 9.17) is 9.47 Å². The molecule has 176 valence electrons. The van der Waals surface area contributed by atoms with Gasteiger partial charge >= 0.3 is 5.97 Å². The van der Waals surface area contributed by atoms with Crippen molar-refractivity contribution in [1.82, 2.24) is 4.90 Å². The summed E-state index contributed by atoms with van der Waals surface area (Å²) in [4.78, 5) is 27.5. The summed E-state index contributed by atoms with van der Waals surface area (Å²) in [6, 6.07) is 25.3. The zero-order valence-corrected chi connectivity index (χ0v) is 19.8. The minimum absolute atomic E-state index is 0.0544. The Hall–Kier alpha value is -3.44. The van der Waals surface area contributed by atoms with E-state index in [0.717, 1.165) is 17.9 Å². The van der Waals surface area contributed by atoms with E-state index in [-0.39, 0.29) is 23.7 Å². The van der Waals surface area contributed by atoms with Crippen molar-refractivity contribution in [3.05, 3.63) is 101 Å². The van der Waals surface area contributed by atoms with Gasteiger partial charge < -0.3 is 9.47 Å². The lowest BCUT2D eigenvalue weighted by molar-refractivity contribution is -0.125. The molecule has 1 heterocycles. The normalized spacial score (nSPS) is 16.4. The molecule has 1 aliphatic heterocycles. The van der Waals surface area contributed by atoms with Gasteiger partial charge in [-0.15, -0.1) is 0 Å². The quantitative estimate of drug-likeness (QED) is 0.421. The van der Waals surface area contributed by atoms with Gasteiger partial charge in [0.1, 0.15) is 12.4 Å². The fourth-order valence-corrected chi connectivity index (χ4v) is 4.55. The van der Waals surface area contributed by atoms with Crippen LogP contribution in [0.3, 0.4) is 0 Å². The van der Waals surface area contributed by atoms with E-state index in [1.54, 1.807) is 12.1 Å². The lowest BCUT2D eigenvalue weighted by atomic mass is 9.87. The van der Waals surface area contributed by atoms with Gasteiger partial charge in [-0.25, -0.2) is 4.79 Å². The Labute approximate surface area is 201 Å². The molecule has 34 heavy (non-hydrogen) atoms. The van der Waals surface area contributed by atoms with Gasteiger partial charge in [0.15, 0.2) is 5.78 Å². The molecule has 0 aromatic heterocycles. The van der Waals surface area contributed by atoms with Gasteiger partial charge in [-0.2, -0.15) is 0 Å². The van der Waals surface area contributed by atoms with E-state index in [1.165, 1.54) is 18.2 Å². The summed E-state index contributed by atoms with van der Waals surface area (Å²) >= 11 is 0. The Morgan fingerprint density at radius 2 is 1.62 bits per heavy atom. The van der Waals surface area contributed by atoms with Crippen LogP contribution in [0.5, 0.6) is 5.75 Å². The van der Waals surface area contributed by atoms with Crippen molar-refractivity contribution in [2.24, 2.45) is 0 Å². The maximum absolute atomic E-state index is 13.5. The Balaban J connectivity index is 1.43. The topological polar surface area (TPSA) is 55.8 Å². The second-order valence-electron chi connectivity index (χ2n) is 8.81. The molecule has 0 spiro atoms. The van der Waals surface area contributed by atoms with Gasteiger partial charge in [-0.1, -0.05) is 61.5 Å². The van der Waals surface area contributed by atoms with E-state index in [0.29, 0.717) is 31.6 Å². The molecule has 0 N–H and O–H groups in total. The van der Waals surface area contributed by atoms with E-state index in [9.17, 15) is 9.59 Å². The van der Waals surface area contributed by atoms with Crippen LogP contribution >= 0.6 is 0 Å². The first-order valence-corrected chi connectivity index (χ1v) is 11.7. The van der Waals surface area contributed by atoms with Crippen LogP contribution < -0.4 is 4.74 Å². The molecule has 0 radical (unpaired) electrons. The summed E-state index contributed by atoms with van der Waals surface area (Å²) < 4.78 is 10.7. The van der Waals surface area contributed by atoms with Crippen molar-refractivity contribution in [2.75, 3.05) is 20.3 Å². The number of carbonyl (C=O) groups excluding carboxylic acids is 2. The smallest absolute Gasteiger partial charge is 0.337 e. The molecule has 0 aliphatic carbocycles. The summed E-state index contributed by atoms with van der Waals surface area (Å²) in [6.45, 7) is 4.01. The molecule has 0 saturated heterocycles. The molecule has 0 bridgehead atoms. The molecule has 3 aromatic rings. The highest BCUT2D eigenvalue weighted by Gasteiger charge is 2.31. The molecule has 0 fully saturated rings. The molecular weight excluding hydrogens is 426 g/mol. The number of fused-ring (bicyclic) bond motifs is 1. The predicted octanol–water partition coefficient (Wildman–Crippen LogP) is 5.04. The van der Waals surface area contributed by atoms with Gasteiger partial charge in [0.2, 0.25) is 0 Å². The fraction of sp³-hybridized carbons (Fsp3) is 0.310. The third-order valence-corrected chi connectivity index (χ3v) is 6.52. The van der Waals surface area contributed by atoms with Crippen LogP contribution in [-0.4, -0.2) is 43.0 Å². The van der Waals surface area contributed by atoms with E-state index < -0.39 is 0 Å². The number of benzene rings is 3. The van der Waals surface area contributed by atoms with Gasteiger partial charge in [-0.3, -0.25) is 9.69 Å². The average molecular weight is 458 g/mol. The Kier molecular flexibility index (Phi) is 7.76. The first-order chi connectivity index (χ1) is 16.5. The lowest BCUT2D eigenvalue weighted by Gasteiger charge is -2.36. The predicted molar refractivity (Wildman–Crippen MR) is 132 cm³/mol. The number of carbonyl (C=O) groups is 2. The highest BCUT2D eigenvalue weighted by Crippen LogP contribution is 2.27. The number of Topliss-reactive ketones (excluding diaryl/α,β-unsaturated/α-hetero) is 1. The standard InChI is InChI=1S/C29H31NO4/c1-21(22-12-14-23(15-13-22)29(32)33-2)18-28(31)27-19-24-8-6-7-9-25(24)20-30(27)16-17-34-26-10-4-3-5-11-26/h3-15,21,27H,16-20H2,1-2H3/t21-,27-/m1/s1. The van der Waals surface area contributed by atoms with E-state index >= 15 is 0 Å². The number of hydrogen-bond donors (Lipinski definition) is 0. The molecule has 5 nitrogen and oxygen atoms in total. The third-order valence-electron chi connectivity index (χ3n) is 6.52. The van der Waals surface area contributed by atoms with Gasteiger partial charge in [-0.05, 0) is 53.3 Å². The molecular formula is C29H31NO4. The highest BCUT2D eigenvalue weighted by atomic mass is 16.5. The average Bonchev–Trinajstić information content (AvgIpc) is 2.88. The Bertz CT molecular complexity index is 1110. The monoisotopic (exact) mass is 457 g/mol. The highest BCUT2D eigenvalue weighted by molar-refractivity contribution is 5.89. The zero-order valence-electron chi connectivity index (χ0n) is 19.8. The van der Waals surface area contributed by atoms with Crippen LogP contribution in [0.2, 0.25) is 0 Å². The Morgan fingerprint density at radius 3 is 2.32 bits per heavy atom. The summed E-state index contributed by atoms with van der Waals surface area (Å²) in [5, 5.41) is 0. The van der Waals surface area contributed by atoms with Crippen molar-refractivity contribution in [3.63, 3.8) is 0 Å². The van der Waals surface area contributed by atoms with Crippen LogP contribution in [0, 0.1) is 0 Å². The molecule has 2 atom stereocenters. The van der Waals surface area contributed by atoms with Crippen molar-refractivity contribution in [1.29, 1.82) is 0 Å². The number of rotatable bonds is 9. The van der Waals surface area contributed by atoms with Gasteiger partial charge in [0.05, 0.1) is 18.7 Å². The number of hydrogen-bond acceptors (Lipinski definition) is 5. The van der Waals surface area contributed by atoms with Crippen molar-refractivity contribution in [2.45, 2.75) is 38.3 Å². The number of esters is 1. The largest absolute Gasteiger partial charge is 0.492 e. The molecule has 0 amide bonds. The maximum Gasteiger partial charge on any atom is 0.337 e. The van der Waals surface area contributed by atoms with Crippen LogP contribution in [0.4, 0.5) is 0 Å². The molecule has 5 heteroatoms. The molecule has 4 rings (SSSR count). The lowest BCUT2D eigenvalue weighted by Crippen LogP contribution is -2.47. The number of nitrogens with zero attached hydrogens (tertiary/aromatic N) is 1. The first kappa shape index (κ1) is 23.7. The summed E-state index contributed by atoms with van der Waals surface area (Å²) in [5.74, 6) is 0.772. The van der Waals surface area contributed by atoms with Crippen LogP contribution in [0.15, 0.2) is 78.9 Å². The number of ether oxygens (including phenoxy) is 2. The molecule has 1 aliphatic rings. The van der Waals surface area contributed by atoms with Crippen molar-refractivity contribution in [3.8, 4) is 5.75 Å². The summed E-state index contributed by atoms with van der Waals surface area (Å²) in [7, 11) is 1.37. The number of ketones is 1. The molecule has 0 unspecified atom stereocenters. The maximum atomic E-state index is 13.5. The molecule has 3 aromatic carbocycles. The summed E-state index contributed by atoms with van der Waals surface area (Å²) in [6.07, 6.45) is 1.16. The summed E-state index contributed by atoms with van der Waals surface area (Å²) in [5.41, 5.74) is 4.07. The second-order valence-corrected chi connectivity index (χ2v) is 8.81. The SMILES string of the molecule is COC(=O)c1ccc([C@H](C)CC(=O)[C@H]2Cc3ccccc3CN2CCOc2ccccc2)cc1. The Morgan fingerprint density at radius 1 is 0.941 bits per heavy atom. The van der Waals surface area contributed by atoms with Gasteiger partial charge in [0, 0.05) is 19.5 Å². The minimum atomic E-state index is -0.357. The number of methoxy groups -OCH3 is 1. The van der Waals surface area contributed by atoms with E-state index in [2.05, 4.69) is 30.0 Å². The first-order valence-electron chi connectivity index (χ1n) is 11.7. The zero-order chi connectivity index (χ0) is 23.9. The number of para-hydroxylation sites is 1. The molecule has 0 saturated carbocycles. The van der Waals surface area contributed by atoms with Crippen molar-refractivity contribution >= 4 is 11.8 Å². The fourth-order valence-electron chi connectivity index (χ4n) is 4.55.